The van der Waals surface area contributed by atoms with Gasteiger partial charge < -0.3 is 13.8 Å². The van der Waals surface area contributed by atoms with Crippen LogP contribution in [0.25, 0.3) is 0 Å². The van der Waals surface area contributed by atoms with E-state index in [-0.39, 0.29) is 0 Å². The van der Waals surface area contributed by atoms with Crippen molar-refractivity contribution in [1.29, 1.82) is 0 Å². The van der Waals surface area contributed by atoms with Crippen LogP contribution in [0.4, 0.5) is 26.3 Å². The third kappa shape index (κ3) is 14.7. The number of rotatable bonds is 0. The van der Waals surface area contributed by atoms with Gasteiger partial charge in [-0.2, -0.15) is 26.3 Å². The van der Waals surface area contributed by atoms with Crippen molar-refractivity contribution < 1.29 is 66.2 Å². The molecule has 0 heterocycles. The molecule has 0 bridgehead atoms. The fourth-order valence-corrected chi connectivity index (χ4v) is 1.25. The summed E-state index contributed by atoms with van der Waals surface area (Å²) in [4.78, 5) is 3.88. The van der Waals surface area contributed by atoms with Crippen LogP contribution in [0.1, 0.15) is 0 Å². The molecule has 0 rings (SSSR count). The number of nitrogens with zero attached hydrogens (tertiary/aromatic N) is 4. The van der Waals surface area contributed by atoms with E-state index >= 15 is 0 Å². The van der Waals surface area contributed by atoms with Gasteiger partial charge in [0, 0.05) is 0 Å². The second-order valence-electron chi connectivity index (χ2n) is 6.04. The molecular weight excluding hydrogens is 490 g/mol. The summed E-state index contributed by atoms with van der Waals surface area (Å²) < 4.78 is 128. The summed E-state index contributed by atoms with van der Waals surface area (Å²) in [6.07, 6.45) is 0. The highest BCUT2D eigenvalue weighted by Crippen LogP contribution is 2.21. The van der Waals surface area contributed by atoms with Crippen molar-refractivity contribution in [1.82, 2.24) is 9.80 Å². The van der Waals surface area contributed by atoms with Crippen LogP contribution in [0.2, 0.25) is 0 Å². The number of hydrogen-bond acceptors (Lipinski definition) is 7. The van der Waals surface area contributed by atoms with Crippen LogP contribution in [0.15, 0.2) is 0 Å². The smallest absolute Gasteiger partial charge is 0.485 e. The lowest BCUT2D eigenvalue weighted by Gasteiger charge is -2.14. The number of amidine groups is 2. The third-order valence-electron chi connectivity index (χ3n) is 2.28. The molecule has 0 spiro atoms. The van der Waals surface area contributed by atoms with E-state index in [2.05, 4.69) is 0 Å². The van der Waals surface area contributed by atoms with Gasteiger partial charge in [0.2, 0.25) is 0 Å². The Kier molecular flexibility index (Phi) is 13.3. The molecule has 188 valence electrons. The van der Waals surface area contributed by atoms with E-state index < -0.39 is 31.3 Å². The largest absolute Gasteiger partial charge is 0.741 e. The SMILES string of the molecule is CN(C)C(OC(N(C)C)=[N+](C)C)=[N+](C)C.O=S(=O)([O-])C(F)(F)F.O=S(=O)([O-])C(F)(F)F. The Morgan fingerprint density at radius 1 is 0.677 bits per heavy atom. The first-order chi connectivity index (χ1) is 13.3. The van der Waals surface area contributed by atoms with Crippen molar-refractivity contribution in [3.8, 4) is 0 Å². The van der Waals surface area contributed by atoms with Crippen molar-refractivity contribution in [2.75, 3.05) is 56.4 Å². The van der Waals surface area contributed by atoms with Gasteiger partial charge in [-0.25, -0.2) is 35.8 Å². The lowest BCUT2D eigenvalue weighted by Crippen LogP contribution is -2.41. The van der Waals surface area contributed by atoms with Gasteiger partial charge in [0.15, 0.2) is 20.2 Å². The Morgan fingerprint density at radius 2 is 0.839 bits per heavy atom. The minimum absolute atomic E-state index is 0.799. The normalized spacial score (nSPS) is 11.7. The quantitative estimate of drug-likeness (QED) is 0.105. The zero-order valence-electron chi connectivity index (χ0n) is 17.7. The molecule has 0 aromatic rings. The number of alkyl halides is 6. The number of hydrogen-bond donors (Lipinski definition) is 0. The lowest BCUT2D eigenvalue weighted by atomic mass is 10.7. The third-order valence-corrected chi connectivity index (χ3v) is 3.41. The molecule has 0 aromatic carbocycles. The maximum absolute atomic E-state index is 10.7. The minimum Gasteiger partial charge on any atom is -0.741 e. The average molecular weight is 514 g/mol. The Morgan fingerprint density at radius 3 is 0.903 bits per heavy atom. The summed E-state index contributed by atoms with van der Waals surface area (Å²) in [5.74, 6) is 0. The molecule has 31 heavy (non-hydrogen) atoms. The van der Waals surface area contributed by atoms with Crippen molar-refractivity contribution >= 4 is 32.3 Å². The highest BCUT2D eigenvalue weighted by molar-refractivity contribution is 7.86. The van der Waals surface area contributed by atoms with Crippen molar-refractivity contribution in [3.05, 3.63) is 0 Å². The van der Waals surface area contributed by atoms with Crippen LogP contribution in [0.3, 0.4) is 0 Å². The van der Waals surface area contributed by atoms with Gasteiger partial charge in [0.05, 0.1) is 56.4 Å². The second kappa shape index (κ2) is 12.2. The van der Waals surface area contributed by atoms with E-state index in [4.69, 9.17) is 30.7 Å². The molecule has 0 N–H and O–H groups in total. The van der Waals surface area contributed by atoms with Crippen molar-refractivity contribution in [2.24, 2.45) is 0 Å². The van der Waals surface area contributed by atoms with Gasteiger partial charge in [-0.1, -0.05) is 0 Å². The van der Waals surface area contributed by atoms with Gasteiger partial charge in [-0.3, -0.25) is 0 Å². The summed E-state index contributed by atoms with van der Waals surface area (Å²) in [6.45, 7) is 0. The molecule has 0 aromatic heterocycles. The Hall–Kier alpha value is -1.86. The van der Waals surface area contributed by atoms with Gasteiger partial charge in [-0.15, -0.1) is 0 Å². The van der Waals surface area contributed by atoms with Crippen LogP contribution >= 0.6 is 0 Å². The summed E-state index contributed by atoms with van der Waals surface area (Å²) in [5, 5.41) is 0. The predicted octanol–water partition coefficient (Wildman–Crippen LogP) is -0.515. The van der Waals surface area contributed by atoms with E-state index in [1.807, 2.05) is 75.3 Å². The molecule has 0 saturated carbocycles. The van der Waals surface area contributed by atoms with E-state index in [0.29, 0.717) is 0 Å². The number of halogens is 6. The summed E-state index contributed by atoms with van der Waals surface area (Å²) >= 11 is 0. The van der Waals surface area contributed by atoms with E-state index in [1.54, 1.807) is 0 Å². The van der Waals surface area contributed by atoms with Gasteiger partial charge in [-0.05, 0) is 0 Å². The van der Waals surface area contributed by atoms with Crippen LogP contribution in [0.5, 0.6) is 0 Å². The summed E-state index contributed by atoms with van der Waals surface area (Å²) in [5.41, 5.74) is -11.3. The Labute approximate surface area is 176 Å². The first-order valence-electron chi connectivity index (χ1n) is 7.42. The van der Waals surface area contributed by atoms with Gasteiger partial charge in [0.25, 0.3) is 0 Å². The topological polar surface area (TPSA) is 136 Å². The van der Waals surface area contributed by atoms with Crippen LogP contribution in [0, 0.1) is 0 Å². The van der Waals surface area contributed by atoms with Gasteiger partial charge in [0.1, 0.15) is 0 Å². The molecule has 11 nitrogen and oxygen atoms in total. The predicted molar refractivity (Wildman–Crippen MR) is 94.2 cm³/mol. The fraction of sp³-hybridized carbons (Fsp3) is 0.833. The first kappa shape index (κ1) is 33.8. The molecule has 0 amide bonds. The second-order valence-corrected chi connectivity index (χ2v) is 8.79. The zero-order valence-corrected chi connectivity index (χ0v) is 19.4. The Bertz CT molecular complexity index is 770. The maximum Gasteiger partial charge on any atom is 0.485 e. The van der Waals surface area contributed by atoms with E-state index in [0.717, 1.165) is 12.0 Å². The van der Waals surface area contributed by atoms with Gasteiger partial charge >= 0.3 is 23.1 Å². The molecule has 0 radical (unpaired) electrons. The maximum atomic E-state index is 10.7. The van der Waals surface area contributed by atoms with Crippen LogP contribution in [-0.2, 0) is 25.0 Å². The van der Waals surface area contributed by atoms with Crippen LogP contribution in [-0.4, -0.2) is 124 Å². The molecule has 0 aliphatic carbocycles. The molecule has 19 heteroatoms. The molecule has 0 fully saturated rings. The average Bonchev–Trinajstić information content (AvgIpc) is 2.42. The highest BCUT2D eigenvalue weighted by atomic mass is 32.2. The summed E-state index contributed by atoms with van der Waals surface area (Å²) in [7, 11) is 3.47. The van der Waals surface area contributed by atoms with E-state index in [9.17, 15) is 26.3 Å². The first-order valence-corrected chi connectivity index (χ1v) is 10.2. The monoisotopic (exact) mass is 514 g/mol. The highest BCUT2D eigenvalue weighted by Gasteiger charge is 2.37. The molecular formula is C12H24F6N4O7S2. The standard InChI is InChI=1S/C10H24N4O.2CHF3O3S/c1-11(2)9(12(3)4)15-10(13(5)6)14(7)8;2*2-1(3,4)8(5,6)7/h1-8H3;2*(H,5,6,7)/q+2;;/p-2. The van der Waals surface area contributed by atoms with E-state index in [1.165, 1.54) is 0 Å². The summed E-state index contributed by atoms with van der Waals surface area (Å²) in [6, 6.07) is 1.60. The molecule has 0 unspecified atom stereocenters. The molecule has 0 atom stereocenters. The molecule has 0 aliphatic heterocycles. The van der Waals surface area contributed by atoms with Crippen molar-refractivity contribution in [3.63, 3.8) is 0 Å². The molecule has 0 aliphatic rings. The lowest BCUT2D eigenvalue weighted by molar-refractivity contribution is -0.492. The van der Waals surface area contributed by atoms with Crippen LogP contribution < -0.4 is 0 Å². The number of ether oxygens (including phenoxy) is 1. The Balaban J connectivity index is -0.000000415. The fourth-order valence-electron chi connectivity index (χ4n) is 1.25. The zero-order chi connectivity index (χ0) is 26.2. The minimum atomic E-state index is -6.09. The molecule has 0 saturated heterocycles. The van der Waals surface area contributed by atoms with Crippen molar-refractivity contribution in [2.45, 2.75) is 11.0 Å².